The Morgan fingerprint density at radius 1 is 0.853 bits per heavy atom. The van der Waals surface area contributed by atoms with Gasteiger partial charge >= 0.3 is 13.9 Å². The molecule has 0 radical (unpaired) electrons. The predicted molar refractivity (Wildman–Crippen MR) is 147 cm³/mol. The summed E-state index contributed by atoms with van der Waals surface area (Å²) in [6, 6.07) is 11.4. The Bertz CT molecular complexity index is 913. The predicted octanol–water partition coefficient (Wildman–Crippen LogP) is 9.08. The first kappa shape index (κ1) is 27.5. The lowest BCUT2D eigenvalue weighted by Crippen LogP contribution is -2.28. The number of benzene rings is 2. The smallest absolute Gasteiger partial charge is 0.599 e. The maximum absolute atomic E-state index is 6.84. The van der Waals surface area contributed by atoms with Gasteiger partial charge in [0, 0.05) is 0 Å². The van der Waals surface area contributed by atoms with Crippen molar-refractivity contribution < 1.29 is 7.58 Å². The lowest BCUT2D eigenvalue weighted by atomic mass is 9.75. The van der Waals surface area contributed by atoms with Crippen LogP contribution in [-0.2, 0) is 25.7 Å². The van der Waals surface area contributed by atoms with Crippen molar-refractivity contribution in [3.8, 4) is 11.5 Å². The molecule has 2 atom stereocenters. The second-order valence-corrected chi connectivity index (χ2v) is 12.2. The Morgan fingerprint density at radius 2 is 1.53 bits per heavy atom. The SMILES string of the molecule is CCCCc1ccc([O][Al]([Cl])[O]c2c3cc(CCCC)cc2C(C)C(CC)C3)c(CCCC)c1. The minimum atomic E-state index is -2.41. The quantitative estimate of drug-likeness (QED) is 0.242. The number of unbranched alkanes of at least 4 members (excludes halogenated alkanes) is 3. The van der Waals surface area contributed by atoms with Crippen LogP contribution < -0.4 is 7.58 Å². The van der Waals surface area contributed by atoms with Crippen LogP contribution in [0.2, 0.25) is 0 Å². The number of hydrogen-bond acceptors (Lipinski definition) is 2. The van der Waals surface area contributed by atoms with Crippen molar-refractivity contribution in [1.82, 2.24) is 0 Å². The van der Waals surface area contributed by atoms with E-state index in [0.717, 1.165) is 43.6 Å². The first-order chi connectivity index (χ1) is 16.5. The molecule has 0 N–H and O–H groups in total. The summed E-state index contributed by atoms with van der Waals surface area (Å²) in [6.45, 7) is 11.4. The molecule has 2 unspecified atom stereocenters. The molecule has 3 rings (SSSR count). The van der Waals surface area contributed by atoms with Crippen molar-refractivity contribution in [1.29, 1.82) is 0 Å². The Hall–Kier alpha value is -1.14. The second-order valence-electron chi connectivity index (χ2n) is 10.1. The van der Waals surface area contributed by atoms with E-state index in [-0.39, 0.29) is 0 Å². The number of hydrogen-bond donors (Lipinski definition) is 0. The van der Waals surface area contributed by atoms with Crippen LogP contribution >= 0.6 is 10.0 Å². The van der Waals surface area contributed by atoms with Crippen molar-refractivity contribution in [3.05, 3.63) is 58.1 Å². The molecule has 0 fully saturated rings. The van der Waals surface area contributed by atoms with Gasteiger partial charge in [-0.15, -0.1) is 0 Å². The molecule has 0 aromatic heterocycles. The molecule has 0 amide bonds. The molecule has 0 saturated heterocycles. The van der Waals surface area contributed by atoms with Gasteiger partial charge in [-0.3, -0.25) is 0 Å². The molecule has 186 valence electrons. The highest BCUT2D eigenvalue weighted by atomic mass is 35.6. The van der Waals surface area contributed by atoms with E-state index in [1.807, 2.05) is 0 Å². The normalized spacial score (nSPS) is 17.0. The minimum absolute atomic E-state index is 0.491. The van der Waals surface area contributed by atoms with E-state index >= 15 is 0 Å². The summed E-state index contributed by atoms with van der Waals surface area (Å²) < 4.78 is 12.8. The highest BCUT2D eigenvalue weighted by Crippen LogP contribution is 2.44. The van der Waals surface area contributed by atoms with E-state index in [2.05, 4.69) is 65.0 Å². The minimum Gasteiger partial charge on any atom is -0.599 e. The van der Waals surface area contributed by atoms with E-state index in [9.17, 15) is 0 Å². The third-order valence-corrected chi connectivity index (χ3v) is 8.85. The lowest BCUT2D eigenvalue weighted by molar-refractivity contribution is 0.377. The van der Waals surface area contributed by atoms with Gasteiger partial charge in [0.2, 0.25) is 0 Å². The summed E-state index contributed by atoms with van der Waals surface area (Å²) in [5, 5.41) is 0. The van der Waals surface area contributed by atoms with E-state index < -0.39 is 13.9 Å². The molecule has 34 heavy (non-hydrogen) atoms. The summed E-state index contributed by atoms with van der Waals surface area (Å²) in [4.78, 5) is 0. The molecule has 0 saturated carbocycles. The fourth-order valence-electron chi connectivity index (χ4n) is 5.21. The molecule has 2 aromatic carbocycles. The molecule has 4 heteroatoms. The van der Waals surface area contributed by atoms with E-state index in [4.69, 9.17) is 17.6 Å². The van der Waals surface area contributed by atoms with Gasteiger partial charge in [0.25, 0.3) is 0 Å². The lowest BCUT2D eigenvalue weighted by Gasteiger charge is -2.34. The van der Waals surface area contributed by atoms with Gasteiger partial charge in [-0.1, -0.05) is 84.6 Å². The van der Waals surface area contributed by atoms with Gasteiger partial charge in [0.05, 0.1) is 11.5 Å². The topological polar surface area (TPSA) is 18.5 Å². The average Bonchev–Trinajstić information content (AvgIpc) is 2.83. The molecule has 1 aliphatic carbocycles. The maximum Gasteiger partial charge on any atom is 0.999 e. The number of rotatable bonds is 14. The molecule has 0 heterocycles. The van der Waals surface area contributed by atoms with Crippen LogP contribution in [0.25, 0.3) is 0 Å². The molecule has 2 nitrogen and oxygen atoms in total. The van der Waals surface area contributed by atoms with E-state index in [0.29, 0.717) is 11.8 Å². The maximum atomic E-state index is 6.84. The first-order valence-electron chi connectivity index (χ1n) is 13.7. The Kier molecular flexibility index (Phi) is 11.2. The molecule has 0 aliphatic heterocycles. The summed E-state index contributed by atoms with van der Waals surface area (Å²) in [7, 11) is 6.84. The highest BCUT2D eigenvalue weighted by molar-refractivity contribution is 7.00. The van der Waals surface area contributed by atoms with E-state index in [1.54, 1.807) is 0 Å². The van der Waals surface area contributed by atoms with Crippen LogP contribution in [0.3, 0.4) is 0 Å². The van der Waals surface area contributed by atoms with Crippen LogP contribution in [0.4, 0.5) is 0 Å². The van der Waals surface area contributed by atoms with Crippen molar-refractivity contribution in [2.75, 3.05) is 0 Å². The summed E-state index contributed by atoms with van der Waals surface area (Å²) in [5.74, 6) is 3.09. The second kappa shape index (κ2) is 13.8. The zero-order valence-electron chi connectivity index (χ0n) is 22.1. The van der Waals surface area contributed by atoms with Crippen molar-refractivity contribution in [2.45, 2.75) is 111 Å². The van der Waals surface area contributed by atoms with Gasteiger partial charge in [-0.05, 0) is 90.7 Å². The Morgan fingerprint density at radius 3 is 2.21 bits per heavy atom. The summed E-state index contributed by atoms with van der Waals surface area (Å²) >= 11 is -2.41. The molecule has 0 spiro atoms. The van der Waals surface area contributed by atoms with Crippen LogP contribution in [0.15, 0.2) is 30.3 Å². The van der Waals surface area contributed by atoms with Crippen LogP contribution in [0.5, 0.6) is 11.5 Å². The highest BCUT2D eigenvalue weighted by Gasteiger charge is 2.37. The largest absolute Gasteiger partial charge is 0.999 e. The third kappa shape index (κ3) is 7.19. The van der Waals surface area contributed by atoms with Crippen molar-refractivity contribution >= 4 is 23.9 Å². The van der Waals surface area contributed by atoms with Gasteiger partial charge < -0.3 is 7.58 Å². The van der Waals surface area contributed by atoms with Crippen molar-refractivity contribution in [2.24, 2.45) is 5.92 Å². The molecular weight excluding hydrogens is 455 g/mol. The standard InChI is InChI=1S/C16H24O.C14H22O.Al.ClH/c1-4-6-7-12-8-14-10-13(5-2)11(3)15(9-12)16(14)17;1-3-5-7-12-9-10-14(15)13(11-12)8-6-4-2;;/h8-9,11,13,17H,4-7,10H2,1-3H3;9-11,15H,3-8H2,1-2H3;;1H/q;;+3;/p-3. The fourth-order valence-corrected chi connectivity index (χ4v) is 6.72. The zero-order valence-corrected chi connectivity index (χ0v) is 24.0. The average molecular weight is 499 g/mol. The van der Waals surface area contributed by atoms with Gasteiger partial charge in [0.15, 0.2) is 0 Å². The van der Waals surface area contributed by atoms with Crippen molar-refractivity contribution in [3.63, 3.8) is 0 Å². The first-order valence-corrected chi connectivity index (χ1v) is 16.4. The van der Waals surface area contributed by atoms with Gasteiger partial charge in [-0.2, -0.15) is 10.0 Å². The summed E-state index contributed by atoms with van der Waals surface area (Å²) in [6.07, 6.45) is 12.8. The summed E-state index contributed by atoms with van der Waals surface area (Å²) in [5.41, 5.74) is 6.79. The fraction of sp³-hybridized carbons (Fsp3) is 0.600. The van der Waals surface area contributed by atoms with Crippen LogP contribution in [-0.4, -0.2) is 13.9 Å². The Balaban J connectivity index is 1.80. The van der Waals surface area contributed by atoms with E-state index in [1.165, 1.54) is 66.3 Å². The number of halogens is 1. The van der Waals surface area contributed by atoms with Gasteiger partial charge in [-0.25, -0.2) is 0 Å². The molecule has 2 aromatic rings. The van der Waals surface area contributed by atoms with Crippen LogP contribution in [0, 0.1) is 5.92 Å². The number of fused-ring (bicyclic) bond motifs is 2. The monoisotopic (exact) mass is 498 g/mol. The zero-order chi connectivity index (χ0) is 24.5. The molecule has 1 aliphatic rings. The van der Waals surface area contributed by atoms with Gasteiger partial charge in [0.1, 0.15) is 0 Å². The third-order valence-electron chi connectivity index (χ3n) is 7.45. The molecule has 2 bridgehead atoms. The number of aryl methyl sites for hydroxylation is 3. The molecular formula is C30H44AlClO2. The van der Waals surface area contributed by atoms with Crippen LogP contribution in [0.1, 0.15) is 113 Å². The Labute approximate surface area is 217 Å².